The number of carbonyl (C=O) groups excluding carboxylic acids is 1. The molecule has 0 spiro atoms. The van der Waals surface area contributed by atoms with E-state index in [1.54, 1.807) is 0 Å². The summed E-state index contributed by atoms with van der Waals surface area (Å²) in [7, 11) is 1.94. The van der Waals surface area contributed by atoms with Crippen molar-refractivity contribution in [2.75, 3.05) is 18.9 Å². The summed E-state index contributed by atoms with van der Waals surface area (Å²) in [5.74, 6) is 0.493. The van der Waals surface area contributed by atoms with Crippen LogP contribution in [0.5, 0.6) is 0 Å². The fourth-order valence-electron chi connectivity index (χ4n) is 2.43. The molecule has 1 aromatic rings. The zero-order valence-corrected chi connectivity index (χ0v) is 13.5. The van der Waals surface area contributed by atoms with E-state index < -0.39 is 0 Å². The Bertz CT molecular complexity index is 483. The standard InChI is InChI=1S/C17H27N3O/c1-12(2)11-20(16-8-9-16)17(21)19-15-7-5-6-14(10-15)13(3)18-4/h5-7,10,12-13,16,18H,8-9,11H2,1-4H3,(H,19,21). The second-order valence-corrected chi connectivity index (χ2v) is 6.34. The minimum absolute atomic E-state index is 0.0282. The Morgan fingerprint density at radius 2 is 2.05 bits per heavy atom. The van der Waals surface area contributed by atoms with Gasteiger partial charge in [0.05, 0.1) is 0 Å². The van der Waals surface area contributed by atoms with Crippen molar-refractivity contribution in [2.45, 2.75) is 45.7 Å². The molecule has 1 saturated carbocycles. The topological polar surface area (TPSA) is 44.4 Å². The van der Waals surface area contributed by atoms with Crippen LogP contribution in [-0.4, -0.2) is 30.6 Å². The fourth-order valence-corrected chi connectivity index (χ4v) is 2.43. The molecule has 2 N–H and O–H groups in total. The van der Waals surface area contributed by atoms with Crippen LogP contribution in [0, 0.1) is 5.92 Å². The first-order valence-electron chi connectivity index (χ1n) is 7.86. The summed E-state index contributed by atoms with van der Waals surface area (Å²) in [5, 5.41) is 6.26. The lowest BCUT2D eigenvalue weighted by Crippen LogP contribution is -2.39. The molecule has 1 atom stereocenters. The van der Waals surface area contributed by atoms with E-state index in [1.165, 1.54) is 5.56 Å². The van der Waals surface area contributed by atoms with Crippen LogP contribution in [-0.2, 0) is 0 Å². The van der Waals surface area contributed by atoms with Crippen LogP contribution in [0.25, 0.3) is 0 Å². The van der Waals surface area contributed by atoms with E-state index in [4.69, 9.17) is 0 Å². The lowest BCUT2D eigenvalue weighted by molar-refractivity contribution is 0.201. The summed E-state index contributed by atoms with van der Waals surface area (Å²) in [6.45, 7) is 7.23. The maximum atomic E-state index is 12.5. The van der Waals surface area contributed by atoms with E-state index in [9.17, 15) is 4.79 Å². The third-order valence-electron chi connectivity index (χ3n) is 3.88. The van der Waals surface area contributed by atoms with Gasteiger partial charge in [-0.15, -0.1) is 0 Å². The van der Waals surface area contributed by atoms with Crippen LogP contribution >= 0.6 is 0 Å². The van der Waals surface area contributed by atoms with Crippen molar-refractivity contribution in [3.05, 3.63) is 29.8 Å². The van der Waals surface area contributed by atoms with Gasteiger partial charge in [0.15, 0.2) is 0 Å². The van der Waals surface area contributed by atoms with Crippen LogP contribution in [0.4, 0.5) is 10.5 Å². The van der Waals surface area contributed by atoms with E-state index in [-0.39, 0.29) is 12.1 Å². The van der Waals surface area contributed by atoms with Crippen molar-refractivity contribution in [3.63, 3.8) is 0 Å². The predicted molar refractivity (Wildman–Crippen MR) is 87.5 cm³/mol. The van der Waals surface area contributed by atoms with Gasteiger partial charge in [0.25, 0.3) is 0 Å². The molecule has 0 bridgehead atoms. The van der Waals surface area contributed by atoms with Gasteiger partial charge in [0.1, 0.15) is 0 Å². The molecule has 0 aliphatic heterocycles. The minimum Gasteiger partial charge on any atom is -0.321 e. The van der Waals surface area contributed by atoms with Crippen LogP contribution in [0.2, 0.25) is 0 Å². The quantitative estimate of drug-likeness (QED) is 0.840. The number of amides is 2. The fraction of sp³-hybridized carbons (Fsp3) is 0.588. The molecule has 1 unspecified atom stereocenters. The van der Waals surface area contributed by atoms with E-state index in [0.29, 0.717) is 12.0 Å². The Labute approximate surface area is 127 Å². The summed E-state index contributed by atoms with van der Waals surface area (Å²) in [5.41, 5.74) is 2.05. The Hall–Kier alpha value is -1.55. The SMILES string of the molecule is CNC(C)c1cccc(NC(=O)N(CC(C)C)C2CC2)c1. The predicted octanol–water partition coefficient (Wildman–Crippen LogP) is 3.62. The number of anilines is 1. The third kappa shape index (κ3) is 4.46. The van der Waals surface area contributed by atoms with E-state index in [0.717, 1.165) is 25.1 Å². The molecule has 1 fully saturated rings. The number of nitrogens with one attached hydrogen (secondary N) is 2. The smallest absolute Gasteiger partial charge is 0.321 e. The zero-order valence-electron chi connectivity index (χ0n) is 13.5. The van der Waals surface area contributed by atoms with Gasteiger partial charge < -0.3 is 15.5 Å². The van der Waals surface area contributed by atoms with Crippen molar-refractivity contribution in [2.24, 2.45) is 5.92 Å². The highest BCUT2D eigenvalue weighted by Gasteiger charge is 2.32. The Kier molecular flexibility index (Phi) is 5.23. The normalized spacial score (nSPS) is 15.9. The van der Waals surface area contributed by atoms with Gasteiger partial charge in [0, 0.05) is 24.3 Å². The highest BCUT2D eigenvalue weighted by molar-refractivity contribution is 5.89. The van der Waals surface area contributed by atoms with Crippen LogP contribution < -0.4 is 10.6 Å². The van der Waals surface area contributed by atoms with Crippen LogP contribution in [0.3, 0.4) is 0 Å². The van der Waals surface area contributed by atoms with Gasteiger partial charge in [-0.3, -0.25) is 0 Å². The molecule has 1 aromatic carbocycles. The van der Waals surface area contributed by atoms with E-state index in [1.807, 2.05) is 30.1 Å². The van der Waals surface area contributed by atoms with Crippen molar-refractivity contribution in [1.29, 1.82) is 0 Å². The molecule has 21 heavy (non-hydrogen) atoms. The first-order valence-corrected chi connectivity index (χ1v) is 7.86. The molecule has 4 nitrogen and oxygen atoms in total. The summed E-state index contributed by atoms with van der Waals surface area (Å²) in [6.07, 6.45) is 2.27. The maximum absolute atomic E-state index is 12.5. The summed E-state index contributed by atoms with van der Waals surface area (Å²) < 4.78 is 0. The average Bonchev–Trinajstić information content (AvgIpc) is 3.28. The molecule has 4 heteroatoms. The van der Waals surface area contributed by atoms with Crippen molar-refractivity contribution in [3.8, 4) is 0 Å². The molecule has 2 rings (SSSR count). The molecule has 0 aromatic heterocycles. The lowest BCUT2D eigenvalue weighted by Gasteiger charge is -2.25. The highest BCUT2D eigenvalue weighted by Crippen LogP contribution is 2.28. The number of rotatable bonds is 6. The van der Waals surface area contributed by atoms with Gasteiger partial charge in [-0.2, -0.15) is 0 Å². The largest absolute Gasteiger partial charge is 0.322 e. The van der Waals surface area contributed by atoms with Gasteiger partial charge in [-0.1, -0.05) is 26.0 Å². The molecule has 1 aliphatic rings. The molecular formula is C17H27N3O. The second-order valence-electron chi connectivity index (χ2n) is 6.34. The van der Waals surface area contributed by atoms with Crippen molar-refractivity contribution < 1.29 is 4.79 Å². The third-order valence-corrected chi connectivity index (χ3v) is 3.88. The average molecular weight is 289 g/mol. The summed E-state index contributed by atoms with van der Waals surface area (Å²) >= 11 is 0. The number of hydrogen-bond acceptors (Lipinski definition) is 2. The second kappa shape index (κ2) is 6.94. The molecule has 0 saturated heterocycles. The summed E-state index contributed by atoms with van der Waals surface area (Å²) in [6, 6.07) is 8.79. The number of carbonyl (C=O) groups is 1. The molecular weight excluding hydrogens is 262 g/mol. The van der Waals surface area contributed by atoms with Crippen molar-refractivity contribution in [1.82, 2.24) is 10.2 Å². The van der Waals surface area contributed by atoms with Crippen molar-refractivity contribution >= 4 is 11.7 Å². The number of nitrogens with zero attached hydrogens (tertiary/aromatic N) is 1. The Morgan fingerprint density at radius 1 is 1.33 bits per heavy atom. The van der Waals surface area contributed by atoms with Gasteiger partial charge >= 0.3 is 6.03 Å². The number of urea groups is 1. The lowest BCUT2D eigenvalue weighted by atomic mass is 10.1. The van der Waals surface area contributed by atoms with Crippen LogP contribution in [0.15, 0.2) is 24.3 Å². The van der Waals surface area contributed by atoms with E-state index >= 15 is 0 Å². The van der Waals surface area contributed by atoms with E-state index in [2.05, 4.69) is 37.5 Å². The first kappa shape index (κ1) is 15.8. The van der Waals surface area contributed by atoms with Gasteiger partial charge in [0.2, 0.25) is 0 Å². The summed E-state index contributed by atoms with van der Waals surface area (Å²) in [4.78, 5) is 14.5. The molecule has 0 radical (unpaired) electrons. The highest BCUT2D eigenvalue weighted by atomic mass is 16.2. The molecule has 116 valence electrons. The molecule has 1 aliphatic carbocycles. The van der Waals surface area contributed by atoms with Crippen LogP contribution in [0.1, 0.15) is 45.2 Å². The Balaban J connectivity index is 2.04. The van der Waals surface area contributed by atoms with Gasteiger partial charge in [-0.05, 0) is 50.4 Å². The number of hydrogen-bond donors (Lipinski definition) is 2. The maximum Gasteiger partial charge on any atom is 0.322 e. The monoisotopic (exact) mass is 289 g/mol. The molecule has 2 amide bonds. The first-order chi connectivity index (χ1) is 10.0. The molecule has 0 heterocycles. The Morgan fingerprint density at radius 3 is 2.62 bits per heavy atom. The minimum atomic E-state index is 0.0282. The number of benzene rings is 1. The zero-order chi connectivity index (χ0) is 15.4. The van der Waals surface area contributed by atoms with Gasteiger partial charge in [-0.25, -0.2) is 4.79 Å².